The molecule has 0 radical (unpaired) electrons. The summed E-state index contributed by atoms with van der Waals surface area (Å²) in [5.74, 6) is 0.159. The van der Waals surface area contributed by atoms with Crippen molar-refractivity contribution < 1.29 is 15.1 Å². The van der Waals surface area contributed by atoms with Crippen LogP contribution in [0.25, 0.3) is 0 Å². The summed E-state index contributed by atoms with van der Waals surface area (Å²) in [5, 5.41) is 28.9. The van der Waals surface area contributed by atoms with Crippen LogP contribution in [0.15, 0.2) is 0 Å². The lowest BCUT2D eigenvalue weighted by atomic mass is 9.83. The highest BCUT2D eigenvalue weighted by molar-refractivity contribution is 4.84. The van der Waals surface area contributed by atoms with E-state index >= 15 is 0 Å². The van der Waals surface area contributed by atoms with Crippen molar-refractivity contribution in [1.29, 1.82) is 0 Å². The van der Waals surface area contributed by atoms with E-state index in [1.165, 1.54) is 0 Å². The van der Waals surface area contributed by atoms with Gasteiger partial charge in [-0.3, -0.25) is 10.1 Å². The second-order valence-corrected chi connectivity index (χ2v) is 3.49. The predicted molar refractivity (Wildman–Crippen MR) is 41.2 cm³/mol. The molecule has 12 heavy (non-hydrogen) atoms. The Hall–Kier alpha value is -0.680. The standard InChI is InChI=1S/C7H13NO4/c1-4-2-5(9)7(8(11)12)6(10)3-4/h4-7,9-10H,2-3H2,1H3. The zero-order valence-electron chi connectivity index (χ0n) is 6.88. The highest BCUT2D eigenvalue weighted by Crippen LogP contribution is 2.26. The summed E-state index contributed by atoms with van der Waals surface area (Å²) in [4.78, 5) is 9.77. The van der Waals surface area contributed by atoms with Crippen molar-refractivity contribution in [2.45, 2.75) is 38.0 Å². The Morgan fingerprint density at radius 1 is 1.33 bits per heavy atom. The first-order valence-electron chi connectivity index (χ1n) is 4.02. The van der Waals surface area contributed by atoms with E-state index in [1.54, 1.807) is 0 Å². The molecule has 0 aromatic heterocycles. The van der Waals surface area contributed by atoms with E-state index in [0.29, 0.717) is 12.8 Å². The molecule has 1 fully saturated rings. The SMILES string of the molecule is CC1CC(O)C([N+](=O)[O-])C(O)C1. The van der Waals surface area contributed by atoms with Gasteiger partial charge in [-0.2, -0.15) is 0 Å². The minimum Gasteiger partial charge on any atom is -0.386 e. The second kappa shape index (κ2) is 3.37. The van der Waals surface area contributed by atoms with Crippen LogP contribution in [-0.2, 0) is 0 Å². The molecule has 0 aromatic carbocycles. The maximum atomic E-state index is 10.4. The first-order chi connectivity index (χ1) is 5.52. The van der Waals surface area contributed by atoms with Crippen LogP contribution in [0.3, 0.4) is 0 Å². The van der Waals surface area contributed by atoms with Crippen LogP contribution in [0.4, 0.5) is 0 Å². The second-order valence-electron chi connectivity index (χ2n) is 3.49. The summed E-state index contributed by atoms with van der Waals surface area (Å²) >= 11 is 0. The molecule has 5 heteroatoms. The van der Waals surface area contributed by atoms with Crippen LogP contribution >= 0.6 is 0 Å². The van der Waals surface area contributed by atoms with Crippen molar-refractivity contribution in [3.05, 3.63) is 10.1 Å². The number of hydrogen-bond acceptors (Lipinski definition) is 4. The van der Waals surface area contributed by atoms with Crippen molar-refractivity contribution >= 4 is 0 Å². The van der Waals surface area contributed by atoms with Gasteiger partial charge in [0.05, 0.1) is 0 Å². The molecular weight excluding hydrogens is 162 g/mol. The zero-order valence-corrected chi connectivity index (χ0v) is 6.88. The van der Waals surface area contributed by atoms with Gasteiger partial charge in [0.25, 0.3) is 6.04 Å². The molecule has 1 rings (SSSR count). The van der Waals surface area contributed by atoms with Crippen molar-refractivity contribution in [3.63, 3.8) is 0 Å². The normalized spacial score (nSPS) is 42.6. The molecule has 1 aliphatic rings. The summed E-state index contributed by atoms with van der Waals surface area (Å²) in [6, 6.07) is -1.19. The smallest absolute Gasteiger partial charge is 0.263 e. The van der Waals surface area contributed by atoms with Crippen LogP contribution in [0.1, 0.15) is 19.8 Å². The summed E-state index contributed by atoms with van der Waals surface area (Å²) in [6.45, 7) is 1.86. The number of aliphatic hydroxyl groups is 2. The fraction of sp³-hybridized carbons (Fsp3) is 1.00. The topological polar surface area (TPSA) is 83.6 Å². The van der Waals surface area contributed by atoms with E-state index < -0.39 is 23.2 Å². The predicted octanol–water partition coefficient (Wildman–Crippen LogP) is -0.217. The lowest BCUT2D eigenvalue weighted by molar-refractivity contribution is -0.550. The minimum absolute atomic E-state index is 0.159. The number of nitro groups is 1. The molecule has 0 heterocycles. The molecule has 0 amide bonds. The molecule has 5 nitrogen and oxygen atoms in total. The molecule has 0 aliphatic heterocycles. The molecule has 1 saturated carbocycles. The third-order valence-electron chi connectivity index (χ3n) is 2.32. The van der Waals surface area contributed by atoms with Gasteiger partial charge in [0.1, 0.15) is 12.2 Å². The van der Waals surface area contributed by atoms with Crippen molar-refractivity contribution in [2.24, 2.45) is 5.92 Å². The van der Waals surface area contributed by atoms with Crippen LogP contribution < -0.4 is 0 Å². The maximum Gasteiger partial charge on any atom is 0.263 e. The van der Waals surface area contributed by atoms with Gasteiger partial charge in [0, 0.05) is 4.92 Å². The highest BCUT2D eigenvalue weighted by Gasteiger charge is 2.42. The Balaban J connectivity index is 2.66. The fourth-order valence-electron chi connectivity index (χ4n) is 1.74. The first kappa shape index (κ1) is 9.41. The summed E-state index contributed by atoms with van der Waals surface area (Å²) in [7, 11) is 0. The fourth-order valence-corrected chi connectivity index (χ4v) is 1.74. The summed E-state index contributed by atoms with van der Waals surface area (Å²) in [5.41, 5.74) is 0. The van der Waals surface area contributed by atoms with Gasteiger partial charge < -0.3 is 10.2 Å². The van der Waals surface area contributed by atoms with E-state index in [2.05, 4.69) is 0 Å². The molecule has 0 bridgehead atoms. The van der Waals surface area contributed by atoms with Crippen LogP contribution in [0, 0.1) is 16.0 Å². The Bertz CT molecular complexity index is 172. The van der Waals surface area contributed by atoms with Gasteiger partial charge in [0.15, 0.2) is 0 Å². The van der Waals surface area contributed by atoms with Gasteiger partial charge >= 0.3 is 0 Å². The number of aliphatic hydroxyl groups excluding tert-OH is 2. The van der Waals surface area contributed by atoms with E-state index in [0.717, 1.165) is 0 Å². The maximum absolute atomic E-state index is 10.4. The molecule has 70 valence electrons. The van der Waals surface area contributed by atoms with Crippen molar-refractivity contribution in [2.75, 3.05) is 0 Å². The van der Waals surface area contributed by atoms with Crippen molar-refractivity contribution in [1.82, 2.24) is 0 Å². The lowest BCUT2D eigenvalue weighted by Crippen LogP contribution is -2.48. The lowest BCUT2D eigenvalue weighted by Gasteiger charge is -2.29. The summed E-state index contributed by atoms with van der Waals surface area (Å²) < 4.78 is 0. The van der Waals surface area contributed by atoms with Gasteiger partial charge in [-0.05, 0) is 18.8 Å². The molecule has 1 aliphatic carbocycles. The average Bonchev–Trinajstić information content (AvgIpc) is 1.82. The Kier molecular flexibility index (Phi) is 2.64. The zero-order chi connectivity index (χ0) is 9.30. The van der Waals surface area contributed by atoms with E-state index in [4.69, 9.17) is 0 Å². The van der Waals surface area contributed by atoms with Gasteiger partial charge in [0.2, 0.25) is 0 Å². The van der Waals surface area contributed by atoms with Crippen LogP contribution in [0.5, 0.6) is 0 Å². The van der Waals surface area contributed by atoms with Gasteiger partial charge in [-0.25, -0.2) is 0 Å². The minimum atomic E-state index is -1.19. The van der Waals surface area contributed by atoms with Gasteiger partial charge in [-0.1, -0.05) is 6.92 Å². The molecular formula is C7H13NO4. The number of rotatable bonds is 1. The third kappa shape index (κ3) is 1.73. The average molecular weight is 175 g/mol. The van der Waals surface area contributed by atoms with Crippen LogP contribution in [-0.4, -0.2) is 33.4 Å². The Morgan fingerprint density at radius 3 is 2.08 bits per heavy atom. The molecule has 2 unspecified atom stereocenters. The number of nitrogens with zero attached hydrogens (tertiary/aromatic N) is 1. The first-order valence-corrected chi connectivity index (χ1v) is 4.02. The third-order valence-corrected chi connectivity index (χ3v) is 2.32. The van der Waals surface area contributed by atoms with Crippen molar-refractivity contribution in [3.8, 4) is 0 Å². The largest absolute Gasteiger partial charge is 0.386 e. The van der Waals surface area contributed by atoms with E-state index in [9.17, 15) is 20.3 Å². The Morgan fingerprint density at radius 2 is 1.75 bits per heavy atom. The molecule has 0 saturated heterocycles. The monoisotopic (exact) mass is 175 g/mol. The number of hydrogen-bond donors (Lipinski definition) is 2. The van der Waals surface area contributed by atoms with Gasteiger partial charge in [-0.15, -0.1) is 0 Å². The van der Waals surface area contributed by atoms with E-state index in [1.807, 2.05) is 6.92 Å². The molecule has 0 aromatic rings. The molecule has 0 spiro atoms. The molecule has 2 N–H and O–H groups in total. The quantitative estimate of drug-likeness (QED) is 0.426. The van der Waals surface area contributed by atoms with E-state index in [-0.39, 0.29) is 5.92 Å². The highest BCUT2D eigenvalue weighted by atomic mass is 16.6. The summed E-state index contributed by atoms with van der Waals surface area (Å²) in [6.07, 6.45) is -1.19. The Labute approximate surface area is 70.2 Å². The molecule has 2 atom stereocenters. The van der Waals surface area contributed by atoms with Crippen LogP contribution in [0.2, 0.25) is 0 Å².